The van der Waals surface area contributed by atoms with Crippen LogP contribution in [0.2, 0.25) is 0 Å². The van der Waals surface area contributed by atoms with Crippen LogP contribution in [0.15, 0.2) is 0 Å². The maximum Gasteiger partial charge on any atom is 0.307 e. The molecule has 4 nitrogen and oxygen atoms in total. The van der Waals surface area contributed by atoms with Crippen LogP contribution in [0.1, 0.15) is 45.6 Å². The molecule has 1 fully saturated rings. The predicted octanol–water partition coefficient (Wildman–Crippen LogP) is 1.85. The number of Topliss-reactive ketones (excluding diaryl/α,β-unsaturated/α-hetero) is 1. The van der Waals surface area contributed by atoms with Gasteiger partial charge in [0.15, 0.2) is 5.78 Å². The molecule has 1 heterocycles. The average Bonchev–Trinajstić information content (AvgIpc) is 2.98. The lowest BCUT2D eigenvalue weighted by atomic mass is 9.90. The Hall–Kier alpha value is -1.23. The Morgan fingerprint density at radius 2 is 2.12 bits per heavy atom. The Morgan fingerprint density at radius 1 is 1.38 bits per heavy atom. The number of carbonyl (C=O) groups excluding carboxylic acids is 1. The summed E-state index contributed by atoms with van der Waals surface area (Å²) < 4.78 is 0. The Morgan fingerprint density at radius 3 is 2.75 bits per heavy atom. The molecule has 16 heavy (non-hydrogen) atoms. The van der Waals surface area contributed by atoms with Crippen molar-refractivity contribution in [2.24, 2.45) is 5.92 Å². The van der Waals surface area contributed by atoms with Gasteiger partial charge in [-0.15, -0.1) is 11.3 Å². The standard InChI is InChI=1S/C11H11NO3S/c13-7-3-6(11(14)15)4-8-9(7)12-10(16-8)5-1-2-5/h5-6H,1-4H2,(H,14,15). The van der Waals surface area contributed by atoms with E-state index in [0.717, 1.165) is 22.7 Å². The van der Waals surface area contributed by atoms with Crippen LogP contribution in [0.4, 0.5) is 0 Å². The van der Waals surface area contributed by atoms with E-state index < -0.39 is 11.9 Å². The van der Waals surface area contributed by atoms with Crippen molar-refractivity contribution in [1.29, 1.82) is 0 Å². The average molecular weight is 237 g/mol. The third-order valence-electron chi connectivity index (χ3n) is 3.12. The zero-order valence-electron chi connectivity index (χ0n) is 8.60. The summed E-state index contributed by atoms with van der Waals surface area (Å²) in [5.74, 6) is -0.989. The third-order valence-corrected chi connectivity index (χ3v) is 4.36. The first kappa shape index (κ1) is 9.96. The number of ketones is 1. The van der Waals surface area contributed by atoms with Crippen molar-refractivity contribution in [3.63, 3.8) is 0 Å². The highest BCUT2D eigenvalue weighted by molar-refractivity contribution is 7.12. The monoisotopic (exact) mass is 237 g/mol. The van der Waals surface area contributed by atoms with E-state index in [0.29, 0.717) is 18.0 Å². The number of thiazole rings is 1. The van der Waals surface area contributed by atoms with Crippen LogP contribution in [0.25, 0.3) is 0 Å². The van der Waals surface area contributed by atoms with E-state index in [1.54, 1.807) is 0 Å². The summed E-state index contributed by atoms with van der Waals surface area (Å²) in [6.45, 7) is 0. The van der Waals surface area contributed by atoms with Crippen molar-refractivity contribution < 1.29 is 14.7 Å². The highest BCUT2D eigenvalue weighted by atomic mass is 32.1. The minimum atomic E-state index is -0.875. The number of nitrogens with zero attached hydrogens (tertiary/aromatic N) is 1. The Labute approximate surface area is 96.3 Å². The molecule has 0 aliphatic heterocycles. The topological polar surface area (TPSA) is 67.3 Å². The van der Waals surface area contributed by atoms with Crippen molar-refractivity contribution in [2.75, 3.05) is 0 Å². The van der Waals surface area contributed by atoms with Gasteiger partial charge in [-0.25, -0.2) is 4.98 Å². The Kier molecular flexibility index (Phi) is 2.10. The lowest BCUT2D eigenvalue weighted by Gasteiger charge is -2.15. The quantitative estimate of drug-likeness (QED) is 0.852. The summed E-state index contributed by atoms with van der Waals surface area (Å²) >= 11 is 1.54. The third kappa shape index (κ3) is 1.55. The van der Waals surface area contributed by atoms with Crippen LogP contribution in [-0.2, 0) is 11.2 Å². The highest BCUT2D eigenvalue weighted by Crippen LogP contribution is 2.44. The largest absolute Gasteiger partial charge is 0.481 e. The van der Waals surface area contributed by atoms with Crippen LogP contribution in [0.3, 0.4) is 0 Å². The Bertz CT molecular complexity index is 476. The number of carbonyl (C=O) groups is 2. The summed E-state index contributed by atoms with van der Waals surface area (Å²) in [7, 11) is 0. The van der Waals surface area contributed by atoms with Gasteiger partial charge >= 0.3 is 5.97 Å². The van der Waals surface area contributed by atoms with Crippen LogP contribution < -0.4 is 0 Å². The molecule has 1 N–H and O–H groups in total. The number of carboxylic acids is 1. The second-order valence-corrected chi connectivity index (χ2v) is 5.58. The summed E-state index contributed by atoms with van der Waals surface area (Å²) in [5, 5.41) is 9.97. The molecule has 0 saturated heterocycles. The maximum absolute atomic E-state index is 11.7. The zero-order valence-corrected chi connectivity index (χ0v) is 9.42. The van der Waals surface area contributed by atoms with E-state index in [2.05, 4.69) is 4.98 Å². The molecule has 1 atom stereocenters. The van der Waals surface area contributed by atoms with Gasteiger partial charge in [-0.3, -0.25) is 9.59 Å². The first-order chi connectivity index (χ1) is 7.65. The molecule has 0 amide bonds. The van der Waals surface area contributed by atoms with Gasteiger partial charge in [0.05, 0.1) is 10.9 Å². The van der Waals surface area contributed by atoms with Gasteiger partial charge in [0.25, 0.3) is 0 Å². The molecule has 1 saturated carbocycles. The Balaban J connectivity index is 1.94. The fourth-order valence-electron chi connectivity index (χ4n) is 2.02. The van der Waals surface area contributed by atoms with E-state index in [1.807, 2.05) is 0 Å². The van der Waals surface area contributed by atoms with Crippen LogP contribution in [0.5, 0.6) is 0 Å². The van der Waals surface area contributed by atoms with Crippen LogP contribution >= 0.6 is 11.3 Å². The first-order valence-corrected chi connectivity index (χ1v) is 6.22. The number of rotatable bonds is 2. The van der Waals surface area contributed by atoms with Crippen molar-refractivity contribution in [1.82, 2.24) is 4.98 Å². The summed E-state index contributed by atoms with van der Waals surface area (Å²) in [6, 6.07) is 0. The van der Waals surface area contributed by atoms with Gasteiger partial charge in [-0.1, -0.05) is 0 Å². The molecule has 1 unspecified atom stereocenters. The zero-order chi connectivity index (χ0) is 11.3. The van der Waals surface area contributed by atoms with E-state index >= 15 is 0 Å². The maximum atomic E-state index is 11.7. The minimum Gasteiger partial charge on any atom is -0.481 e. The fourth-order valence-corrected chi connectivity index (χ4v) is 3.35. The van der Waals surface area contributed by atoms with Gasteiger partial charge in [-0.05, 0) is 19.3 Å². The number of hydrogen-bond acceptors (Lipinski definition) is 4. The van der Waals surface area contributed by atoms with Crippen LogP contribution in [0, 0.1) is 5.92 Å². The molecule has 84 valence electrons. The SMILES string of the molecule is O=C1CC(C(=O)O)Cc2sc(C3CC3)nc21. The smallest absolute Gasteiger partial charge is 0.307 e. The van der Waals surface area contributed by atoms with Crippen molar-refractivity contribution >= 4 is 23.1 Å². The van der Waals surface area contributed by atoms with Gasteiger partial charge in [0.1, 0.15) is 5.69 Å². The predicted molar refractivity (Wildman–Crippen MR) is 57.9 cm³/mol. The molecule has 0 bridgehead atoms. The number of aromatic nitrogens is 1. The molecule has 0 radical (unpaired) electrons. The molecule has 1 aromatic rings. The first-order valence-electron chi connectivity index (χ1n) is 5.40. The number of hydrogen-bond donors (Lipinski definition) is 1. The van der Waals surface area contributed by atoms with Gasteiger partial charge < -0.3 is 5.11 Å². The van der Waals surface area contributed by atoms with Crippen molar-refractivity contribution in [3.8, 4) is 0 Å². The molecule has 0 aromatic carbocycles. The molecule has 5 heteroatoms. The molecule has 0 spiro atoms. The number of fused-ring (bicyclic) bond motifs is 1. The van der Waals surface area contributed by atoms with Gasteiger partial charge in [-0.2, -0.15) is 0 Å². The highest BCUT2D eigenvalue weighted by Gasteiger charge is 2.35. The van der Waals surface area contributed by atoms with Crippen LogP contribution in [-0.4, -0.2) is 21.8 Å². The van der Waals surface area contributed by atoms with E-state index in [1.165, 1.54) is 11.3 Å². The van der Waals surface area contributed by atoms with Crippen molar-refractivity contribution in [3.05, 3.63) is 15.6 Å². The summed E-state index contributed by atoms with van der Waals surface area (Å²) in [6.07, 6.45) is 2.89. The molecule has 2 aliphatic carbocycles. The second kappa shape index (κ2) is 3.38. The number of carboxylic acid groups (broad SMARTS) is 1. The molecular weight excluding hydrogens is 226 g/mol. The summed E-state index contributed by atoms with van der Waals surface area (Å²) in [5.41, 5.74) is 0.546. The minimum absolute atomic E-state index is 0.100. The van der Waals surface area contributed by atoms with E-state index in [-0.39, 0.29) is 12.2 Å². The molecule has 1 aromatic heterocycles. The lowest BCUT2D eigenvalue weighted by molar-refractivity contribution is -0.141. The second-order valence-electron chi connectivity index (χ2n) is 4.46. The van der Waals surface area contributed by atoms with Gasteiger partial charge in [0, 0.05) is 17.2 Å². The number of aliphatic carboxylic acids is 1. The van der Waals surface area contributed by atoms with Crippen molar-refractivity contribution in [2.45, 2.75) is 31.6 Å². The normalized spacial score (nSPS) is 24.2. The van der Waals surface area contributed by atoms with E-state index in [9.17, 15) is 9.59 Å². The summed E-state index contributed by atoms with van der Waals surface area (Å²) in [4.78, 5) is 27.9. The van der Waals surface area contributed by atoms with E-state index in [4.69, 9.17) is 5.11 Å². The molecule has 3 rings (SSSR count). The lowest BCUT2D eigenvalue weighted by Crippen LogP contribution is -2.25. The fraction of sp³-hybridized carbons (Fsp3) is 0.545. The molecule has 2 aliphatic rings. The molecular formula is C11H11NO3S. The van der Waals surface area contributed by atoms with Gasteiger partial charge in [0.2, 0.25) is 0 Å².